The lowest BCUT2D eigenvalue weighted by molar-refractivity contribution is -0.143. The summed E-state index contributed by atoms with van der Waals surface area (Å²) in [6, 6.07) is -0.480. The number of likely N-dealkylation sites (tertiary alicyclic amines) is 1. The van der Waals surface area contributed by atoms with Crippen LogP contribution in [0, 0.1) is 11.8 Å². The molecule has 2 atom stereocenters. The molecule has 2 aliphatic rings. The Morgan fingerprint density at radius 3 is 2.59 bits per heavy atom. The average Bonchev–Trinajstić information content (AvgIpc) is 3.09. The Labute approximate surface area is 100 Å². The number of amides is 2. The van der Waals surface area contributed by atoms with Gasteiger partial charge in [-0.3, -0.25) is 4.79 Å². The molecule has 2 amide bonds. The van der Waals surface area contributed by atoms with Crippen molar-refractivity contribution in [1.29, 1.82) is 0 Å². The second-order valence-electron chi connectivity index (χ2n) is 5.06. The lowest BCUT2D eigenvalue weighted by Crippen LogP contribution is -2.54. The molecule has 1 heterocycles. The van der Waals surface area contributed by atoms with Crippen LogP contribution in [0.15, 0.2) is 0 Å². The molecule has 96 valence electrons. The third kappa shape index (κ3) is 3.33. The number of rotatable bonds is 4. The zero-order valence-electron chi connectivity index (χ0n) is 9.76. The molecule has 4 N–H and O–H groups in total. The molecule has 6 heteroatoms. The van der Waals surface area contributed by atoms with Crippen LogP contribution in [0.1, 0.15) is 19.3 Å². The predicted molar refractivity (Wildman–Crippen MR) is 61.4 cm³/mol. The van der Waals surface area contributed by atoms with E-state index >= 15 is 0 Å². The van der Waals surface area contributed by atoms with Crippen LogP contribution in [0.25, 0.3) is 0 Å². The van der Waals surface area contributed by atoms with E-state index < -0.39 is 17.9 Å². The van der Waals surface area contributed by atoms with Gasteiger partial charge in [0.05, 0.1) is 5.92 Å². The summed E-state index contributed by atoms with van der Waals surface area (Å²) in [5.41, 5.74) is 5.23. The molecule has 17 heavy (non-hydrogen) atoms. The third-order valence-corrected chi connectivity index (χ3v) is 3.50. The van der Waals surface area contributed by atoms with Crippen molar-refractivity contribution in [3.63, 3.8) is 0 Å². The minimum absolute atomic E-state index is 0.0537. The van der Waals surface area contributed by atoms with Gasteiger partial charge < -0.3 is 21.1 Å². The number of nitrogens with zero attached hydrogens (tertiary/aromatic N) is 1. The van der Waals surface area contributed by atoms with E-state index in [2.05, 4.69) is 5.32 Å². The van der Waals surface area contributed by atoms with E-state index in [0.29, 0.717) is 13.0 Å². The Morgan fingerprint density at radius 1 is 1.35 bits per heavy atom. The quantitative estimate of drug-likeness (QED) is 0.637. The standard InChI is InChI=1S/C11H19N3O3/c12-11(17)14-5-8(10(15)16)3-9(6-14)13-4-7-1-2-7/h7-9,13H,1-6H2,(H2,12,17)(H,15,16). The highest BCUT2D eigenvalue weighted by molar-refractivity contribution is 5.75. The fourth-order valence-electron chi connectivity index (χ4n) is 2.26. The van der Waals surface area contributed by atoms with E-state index in [1.807, 2.05) is 0 Å². The highest BCUT2D eigenvalue weighted by atomic mass is 16.4. The Morgan fingerprint density at radius 2 is 2.06 bits per heavy atom. The number of nitrogens with one attached hydrogen (secondary N) is 1. The molecule has 0 spiro atoms. The summed E-state index contributed by atoms with van der Waals surface area (Å²) >= 11 is 0. The molecule has 2 rings (SSSR count). The summed E-state index contributed by atoms with van der Waals surface area (Å²) in [5, 5.41) is 12.4. The fraction of sp³-hybridized carbons (Fsp3) is 0.818. The molecule has 1 saturated carbocycles. The van der Waals surface area contributed by atoms with Gasteiger partial charge >= 0.3 is 12.0 Å². The van der Waals surface area contributed by atoms with E-state index in [4.69, 9.17) is 10.8 Å². The van der Waals surface area contributed by atoms with Crippen molar-refractivity contribution in [1.82, 2.24) is 10.2 Å². The van der Waals surface area contributed by atoms with Crippen molar-refractivity contribution >= 4 is 12.0 Å². The zero-order valence-corrected chi connectivity index (χ0v) is 9.76. The van der Waals surface area contributed by atoms with Crippen LogP contribution in [0.4, 0.5) is 4.79 Å². The number of aliphatic carboxylic acids is 1. The lowest BCUT2D eigenvalue weighted by Gasteiger charge is -2.35. The maximum Gasteiger partial charge on any atom is 0.314 e. The first-order chi connectivity index (χ1) is 8.06. The first-order valence-corrected chi connectivity index (χ1v) is 6.07. The van der Waals surface area contributed by atoms with Crippen molar-refractivity contribution in [3.8, 4) is 0 Å². The van der Waals surface area contributed by atoms with Gasteiger partial charge in [0, 0.05) is 19.1 Å². The maximum absolute atomic E-state index is 11.1. The SMILES string of the molecule is NC(=O)N1CC(NCC2CC2)CC(C(=O)O)C1. The second-order valence-corrected chi connectivity index (χ2v) is 5.06. The first-order valence-electron chi connectivity index (χ1n) is 6.07. The largest absolute Gasteiger partial charge is 0.481 e. The Balaban J connectivity index is 1.89. The summed E-state index contributed by atoms with van der Waals surface area (Å²) in [7, 11) is 0. The molecule has 6 nitrogen and oxygen atoms in total. The first kappa shape index (κ1) is 12.2. The van der Waals surface area contributed by atoms with E-state index in [0.717, 1.165) is 12.5 Å². The van der Waals surface area contributed by atoms with E-state index in [9.17, 15) is 9.59 Å². The van der Waals surface area contributed by atoms with Gasteiger partial charge in [-0.15, -0.1) is 0 Å². The van der Waals surface area contributed by atoms with Crippen LogP contribution in [-0.4, -0.2) is 47.7 Å². The zero-order chi connectivity index (χ0) is 12.4. The molecule has 0 aromatic rings. The van der Waals surface area contributed by atoms with Gasteiger partial charge in [-0.1, -0.05) is 0 Å². The number of carboxylic acids is 1. The second kappa shape index (κ2) is 4.91. The molecule has 0 bridgehead atoms. The van der Waals surface area contributed by atoms with Gasteiger partial charge in [0.25, 0.3) is 0 Å². The monoisotopic (exact) mass is 241 g/mol. The molecular weight excluding hydrogens is 222 g/mol. The van der Waals surface area contributed by atoms with Crippen LogP contribution >= 0.6 is 0 Å². The number of hydrogen-bond acceptors (Lipinski definition) is 3. The molecule has 2 fully saturated rings. The van der Waals surface area contributed by atoms with Gasteiger partial charge in [-0.05, 0) is 31.7 Å². The van der Waals surface area contributed by atoms with Gasteiger partial charge in [0.1, 0.15) is 0 Å². The minimum atomic E-state index is -0.853. The normalized spacial score (nSPS) is 29.1. The molecule has 1 aliphatic heterocycles. The average molecular weight is 241 g/mol. The number of urea groups is 1. The third-order valence-electron chi connectivity index (χ3n) is 3.50. The van der Waals surface area contributed by atoms with Crippen molar-refractivity contribution in [2.24, 2.45) is 17.6 Å². The summed E-state index contributed by atoms with van der Waals surface area (Å²) in [6.07, 6.45) is 3.08. The number of piperidine rings is 1. The Kier molecular flexibility index (Phi) is 3.51. The topological polar surface area (TPSA) is 95.7 Å². The number of carboxylic acid groups (broad SMARTS) is 1. The highest BCUT2D eigenvalue weighted by Crippen LogP contribution is 2.28. The van der Waals surface area contributed by atoms with Gasteiger partial charge in [0.15, 0.2) is 0 Å². The number of carbonyl (C=O) groups excluding carboxylic acids is 1. The highest BCUT2D eigenvalue weighted by Gasteiger charge is 2.33. The number of hydrogen-bond donors (Lipinski definition) is 3. The van der Waals surface area contributed by atoms with Crippen LogP contribution in [0.2, 0.25) is 0 Å². The van der Waals surface area contributed by atoms with Crippen molar-refractivity contribution in [2.45, 2.75) is 25.3 Å². The maximum atomic E-state index is 11.1. The lowest BCUT2D eigenvalue weighted by atomic mass is 9.94. The molecule has 0 aromatic carbocycles. The van der Waals surface area contributed by atoms with Gasteiger partial charge in [-0.25, -0.2) is 4.79 Å². The smallest absolute Gasteiger partial charge is 0.314 e. The van der Waals surface area contributed by atoms with E-state index in [1.54, 1.807) is 0 Å². The summed E-state index contributed by atoms with van der Waals surface area (Å²) in [4.78, 5) is 23.6. The fourth-order valence-corrected chi connectivity index (χ4v) is 2.26. The molecule has 0 aromatic heterocycles. The number of nitrogens with two attached hydrogens (primary N) is 1. The van der Waals surface area contributed by atoms with E-state index in [1.165, 1.54) is 17.7 Å². The summed E-state index contributed by atoms with van der Waals surface area (Å²) in [6.45, 7) is 1.67. The predicted octanol–water partition coefficient (Wildman–Crippen LogP) is -0.160. The van der Waals surface area contributed by atoms with Crippen LogP contribution in [-0.2, 0) is 4.79 Å². The molecule has 1 aliphatic carbocycles. The van der Waals surface area contributed by atoms with E-state index in [-0.39, 0.29) is 12.6 Å². The van der Waals surface area contributed by atoms with Crippen LogP contribution in [0.3, 0.4) is 0 Å². The molecular formula is C11H19N3O3. The molecule has 0 radical (unpaired) electrons. The van der Waals surface area contributed by atoms with Crippen LogP contribution in [0.5, 0.6) is 0 Å². The summed E-state index contributed by atoms with van der Waals surface area (Å²) < 4.78 is 0. The molecule has 2 unspecified atom stereocenters. The van der Waals surface area contributed by atoms with Crippen molar-refractivity contribution < 1.29 is 14.7 Å². The van der Waals surface area contributed by atoms with Crippen molar-refractivity contribution in [2.75, 3.05) is 19.6 Å². The Bertz CT molecular complexity index is 295. The van der Waals surface area contributed by atoms with Gasteiger partial charge in [0.2, 0.25) is 0 Å². The molecule has 1 saturated heterocycles. The van der Waals surface area contributed by atoms with Crippen LogP contribution < -0.4 is 11.1 Å². The minimum Gasteiger partial charge on any atom is -0.481 e. The number of carbonyl (C=O) groups is 2. The van der Waals surface area contributed by atoms with Crippen molar-refractivity contribution in [3.05, 3.63) is 0 Å². The Hall–Kier alpha value is -1.30. The van der Waals surface area contributed by atoms with Gasteiger partial charge in [-0.2, -0.15) is 0 Å². The number of primary amides is 1. The summed E-state index contributed by atoms with van der Waals surface area (Å²) in [5.74, 6) is -0.621.